The Morgan fingerprint density at radius 2 is 1.96 bits per heavy atom. The van der Waals surface area contributed by atoms with Crippen molar-refractivity contribution < 1.29 is 18.5 Å². The van der Waals surface area contributed by atoms with Gasteiger partial charge in [-0.3, -0.25) is 9.69 Å². The molecule has 132 valence electrons. The van der Waals surface area contributed by atoms with E-state index in [1.807, 2.05) is 13.8 Å². The van der Waals surface area contributed by atoms with E-state index in [9.17, 15) is 14.0 Å². The minimum atomic E-state index is -1.22. The second kappa shape index (κ2) is 6.27. The second-order valence-electron chi connectivity index (χ2n) is 6.29. The molecule has 1 fully saturated rings. The molecule has 3 rings (SSSR count). The molecule has 0 saturated carbocycles. The Labute approximate surface area is 144 Å². The summed E-state index contributed by atoms with van der Waals surface area (Å²) in [4.78, 5) is 30.6. The van der Waals surface area contributed by atoms with Gasteiger partial charge in [0.1, 0.15) is 17.9 Å². The summed E-state index contributed by atoms with van der Waals surface area (Å²) in [6.07, 6.45) is 0.334. The number of halogens is 1. The molecule has 0 aliphatic carbocycles. The lowest BCUT2D eigenvalue weighted by molar-refractivity contribution is -0.132. The molecule has 0 unspecified atom stereocenters. The number of urea groups is 1. The Morgan fingerprint density at radius 1 is 1.28 bits per heavy atom. The highest BCUT2D eigenvalue weighted by atomic mass is 19.1. The van der Waals surface area contributed by atoms with Crippen molar-refractivity contribution in [1.29, 1.82) is 0 Å². The van der Waals surface area contributed by atoms with Gasteiger partial charge in [0, 0.05) is 5.92 Å². The van der Waals surface area contributed by atoms with Crippen LogP contribution in [0.4, 0.5) is 9.18 Å². The summed E-state index contributed by atoms with van der Waals surface area (Å²) in [6, 6.07) is 5.00. The van der Waals surface area contributed by atoms with E-state index in [-0.39, 0.29) is 18.4 Å². The molecule has 0 radical (unpaired) electrons. The van der Waals surface area contributed by atoms with Gasteiger partial charge in [0.15, 0.2) is 5.82 Å². The van der Waals surface area contributed by atoms with Crippen LogP contribution in [0.1, 0.15) is 50.4 Å². The molecule has 1 aliphatic rings. The van der Waals surface area contributed by atoms with Crippen molar-refractivity contribution in [3.63, 3.8) is 0 Å². The quantitative estimate of drug-likeness (QED) is 0.841. The van der Waals surface area contributed by atoms with Crippen molar-refractivity contribution >= 4 is 11.9 Å². The van der Waals surface area contributed by atoms with E-state index in [1.165, 1.54) is 24.3 Å². The molecule has 0 bridgehead atoms. The molecule has 25 heavy (non-hydrogen) atoms. The van der Waals surface area contributed by atoms with Gasteiger partial charge in [-0.2, -0.15) is 4.98 Å². The zero-order valence-electron chi connectivity index (χ0n) is 14.2. The van der Waals surface area contributed by atoms with Crippen molar-refractivity contribution in [1.82, 2.24) is 20.4 Å². The molecule has 0 spiro atoms. The van der Waals surface area contributed by atoms with Crippen LogP contribution in [-0.4, -0.2) is 27.0 Å². The fourth-order valence-electron chi connectivity index (χ4n) is 2.85. The van der Waals surface area contributed by atoms with Crippen molar-refractivity contribution in [2.75, 3.05) is 0 Å². The number of rotatable bonds is 5. The summed E-state index contributed by atoms with van der Waals surface area (Å²) in [5.41, 5.74) is -0.684. The fourth-order valence-corrected chi connectivity index (χ4v) is 2.85. The lowest BCUT2D eigenvalue weighted by Crippen LogP contribution is -2.43. The number of hydrogen-bond acceptors (Lipinski definition) is 5. The monoisotopic (exact) mass is 346 g/mol. The van der Waals surface area contributed by atoms with E-state index in [0.29, 0.717) is 17.8 Å². The molecule has 2 aromatic rings. The Balaban J connectivity index is 1.88. The number of amides is 3. The van der Waals surface area contributed by atoms with Gasteiger partial charge in [-0.25, -0.2) is 9.18 Å². The van der Waals surface area contributed by atoms with Gasteiger partial charge in [-0.05, 0) is 24.1 Å². The Morgan fingerprint density at radius 3 is 2.52 bits per heavy atom. The van der Waals surface area contributed by atoms with Crippen LogP contribution in [-0.2, 0) is 16.9 Å². The van der Waals surface area contributed by atoms with E-state index in [2.05, 4.69) is 15.5 Å². The zero-order valence-corrected chi connectivity index (χ0v) is 14.2. The van der Waals surface area contributed by atoms with Gasteiger partial charge in [-0.15, -0.1) is 0 Å². The number of nitrogens with zero attached hydrogens (tertiary/aromatic N) is 3. The largest absolute Gasteiger partial charge is 0.337 e. The van der Waals surface area contributed by atoms with Crippen LogP contribution in [0.5, 0.6) is 0 Å². The number of nitrogens with one attached hydrogen (secondary N) is 1. The maximum absolute atomic E-state index is 13.2. The standard InChI is InChI=1S/C17H19FN4O3/c1-4-17(11-5-7-12(18)8-6-11)15(23)22(16(24)20-17)9-13-19-14(10(2)3)21-25-13/h5-8,10H,4,9H2,1-3H3,(H,20,24)/t17-/m1/s1. The highest BCUT2D eigenvalue weighted by Crippen LogP contribution is 2.33. The van der Waals surface area contributed by atoms with Crippen LogP contribution in [0.3, 0.4) is 0 Å². The zero-order chi connectivity index (χ0) is 18.2. The topological polar surface area (TPSA) is 88.3 Å². The van der Waals surface area contributed by atoms with Crippen LogP contribution in [0, 0.1) is 5.82 Å². The van der Waals surface area contributed by atoms with Gasteiger partial charge >= 0.3 is 6.03 Å². The first-order valence-corrected chi connectivity index (χ1v) is 8.10. The number of aromatic nitrogens is 2. The van der Waals surface area contributed by atoms with Crippen LogP contribution in [0.2, 0.25) is 0 Å². The van der Waals surface area contributed by atoms with Gasteiger partial charge in [0.2, 0.25) is 5.89 Å². The molecule has 2 heterocycles. The second-order valence-corrected chi connectivity index (χ2v) is 6.29. The van der Waals surface area contributed by atoms with Crippen LogP contribution in [0.25, 0.3) is 0 Å². The van der Waals surface area contributed by atoms with E-state index in [1.54, 1.807) is 6.92 Å². The fraction of sp³-hybridized carbons (Fsp3) is 0.412. The van der Waals surface area contributed by atoms with Crippen molar-refractivity contribution in [2.24, 2.45) is 0 Å². The van der Waals surface area contributed by atoms with E-state index in [4.69, 9.17) is 4.52 Å². The first-order valence-electron chi connectivity index (χ1n) is 8.10. The molecule has 8 heteroatoms. The normalized spacial score (nSPS) is 20.4. The number of benzene rings is 1. The van der Waals surface area contributed by atoms with Crippen molar-refractivity contribution in [2.45, 2.75) is 45.2 Å². The summed E-state index contributed by atoms with van der Waals surface area (Å²) in [6.45, 7) is 5.51. The first-order chi connectivity index (χ1) is 11.9. The smallest absolute Gasteiger partial charge is 0.325 e. The first kappa shape index (κ1) is 17.1. The van der Waals surface area contributed by atoms with Gasteiger partial charge in [0.05, 0.1) is 0 Å². The van der Waals surface area contributed by atoms with E-state index >= 15 is 0 Å². The van der Waals surface area contributed by atoms with Crippen LogP contribution in [0.15, 0.2) is 28.8 Å². The third kappa shape index (κ3) is 2.88. The minimum Gasteiger partial charge on any atom is -0.337 e. The predicted molar refractivity (Wildman–Crippen MR) is 85.8 cm³/mol. The molecule has 1 atom stereocenters. The van der Waals surface area contributed by atoms with Crippen molar-refractivity contribution in [3.05, 3.63) is 47.4 Å². The molecule has 1 aromatic carbocycles. The Hall–Kier alpha value is -2.77. The van der Waals surface area contributed by atoms with Gasteiger partial charge < -0.3 is 9.84 Å². The molecule has 1 N–H and O–H groups in total. The number of carbonyl (C=O) groups excluding carboxylic acids is 2. The number of hydrogen-bond donors (Lipinski definition) is 1. The van der Waals surface area contributed by atoms with E-state index in [0.717, 1.165) is 4.90 Å². The summed E-state index contributed by atoms with van der Waals surface area (Å²) in [7, 11) is 0. The average molecular weight is 346 g/mol. The lowest BCUT2D eigenvalue weighted by Gasteiger charge is -2.25. The van der Waals surface area contributed by atoms with Crippen LogP contribution >= 0.6 is 0 Å². The minimum absolute atomic E-state index is 0.0783. The summed E-state index contributed by atoms with van der Waals surface area (Å²) in [5, 5.41) is 6.56. The number of imide groups is 1. The maximum Gasteiger partial charge on any atom is 0.325 e. The average Bonchev–Trinajstić information content (AvgIpc) is 3.15. The van der Waals surface area contributed by atoms with Crippen LogP contribution < -0.4 is 5.32 Å². The third-order valence-corrected chi connectivity index (χ3v) is 4.34. The Kier molecular flexibility index (Phi) is 4.28. The van der Waals surface area contributed by atoms with Crippen molar-refractivity contribution in [3.8, 4) is 0 Å². The van der Waals surface area contributed by atoms with Gasteiger partial charge in [-0.1, -0.05) is 38.1 Å². The molecular weight excluding hydrogens is 327 g/mol. The molecule has 1 aliphatic heterocycles. The van der Waals surface area contributed by atoms with E-state index < -0.39 is 23.3 Å². The Bertz CT molecular complexity index is 802. The molecule has 7 nitrogen and oxygen atoms in total. The highest BCUT2D eigenvalue weighted by Gasteiger charge is 2.51. The predicted octanol–water partition coefficient (Wildman–Crippen LogP) is 2.69. The summed E-state index contributed by atoms with van der Waals surface area (Å²) < 4.78 is 18.3. The van der Waals surface area contributed by atoms with Gasteiger partial charge in [0.25, 0.3) is 5.91 Å². The SMILES string of the molecule is CC[C@]1(c2ccc(F)cc2)NC(=O)N(Cc2nc(C(C)C)no2)C1=O. The number of carbonyl (C=O) groups is 2. The summed E-state index contributed by atoms with van der Waals surface area (Å²) in [5.74, 6) is -0.0401. The highest BCUT2D eigenvalue weighted by molar-refractivity contribution is 6.07. The maximum atomic E-state index is 13.2. The molecule has 1 saturated heterocycles. The molecular formula is C17H19FN4O3. The molecule has 1 aromatic heterocycles. The third-order valence-electron chi connectivity index (χ3n) is 4.34. The lowest BCUT2D eigenvalue weighted by atomic mass is 9.87. The summed E-state index contributed by atoms with van der Waals surface area (Å²) >= 11 is 0. The molecule has 3 amide bonds.